The maximum Gasteiger partial charge on any atom is 0.255 e. The van der Waals surface area contributed by atoms with Crippen LogP contribution in [0.2, 0.25) is 0 Å². The molecular formula is C28H31N3O7. The fourth-order valence-corrected chi connectivity index (χ4v) is 6.00. The van der Waals surface area contributed by atoms with Crippen LogP contribution in [0.3, 0.4) is 0 Å². The summed E-state index contributed by atoms with van der Waals surface area (Å²) in [5.74, 6) is -7.12. The maximum atomic E-state index is 13.8. The van der Waals surface area contributed by atoms with Crippen LogP contribution in [0, 0.1) is 11.8 Å². The molecule has 5 rings (SSSR count). The SMILES string of the molecule is CC(C)(C)NCc1ccc2cc3c(c(O)c2c1)C(=O)C1=C(O)[C@]2(O)C(=O)C(C(N)=O)=C(O)[C@@H](N)[C@@H]2C[C@@H]1C3. The number of fused-ring (bicyclic) bond motifs is 4. The molecule has 2 aromatic rings. The number of hydrogen-bond acceptors (Lipinski definition) is 9. The van der Waals surface area contributed by atoms with E-state index in [9.17, 15) is 34.8 Å². The Morgan fingerprint density at radius 3 is 2.47 bits per heavy atom. The summed E-state index contributed by atoms with van der Waals surface area (Å²) >= 11 is 0. The number of hydrogen-bond donors (Lipinski definition) is 7. The number of carbonyl (C=O) groups excluding carboxylic acids is 3. The van der Waals surface area contributed by atoms with Gasteiger partial charge in [-0.3, -0.25) is 14.4 Å². The molecule has 0 fully saturated rings. The van der Waals surface area contributed by atoms with Gasteiger partial charge in [0, 0.05) is 29.0 Å². The summed E-state index contributed by atoms with van der Waals surface area (Å²) < 4.78 is 0. The van der Waals surface area contributed by atoms with Gasteiger partial charge in [-0.2, -0.15) is 0 Å². The number of rotatable bonds is 3. The second-order valence-corrected chi connectivity index (χ2v) is 11.5. The number of nitrogens with one attached hydrogen (secondary N) is 1. The molecule has 0 aromatic heterocycles. The molecule has 38 heavy (non-hydrogen) atoms. The molecule has 200 valence electrons. The first-order valence-electron chi connectivity index (χ1n) is 12.4. The van der Waals surface area contributed by atoms with E-state index in [0.717, 1.165) is 10.9 Å². The number of aliphatic hydroxyl groups is 3. The minimum absolute atomic E-state index is 0.0145. The van der Waals surface area contributed by atoms with Crippen LogP contribution >= 0.6 is 0 Å². The molecule has 0 spiro atoms. The van der Waals surface area contributed by atoms with E-state index < -0.39 is 58.0 Å². The molecule has 2 aromatic carbocycles. The first-order valence-corrected chi connectivity index (χ1v) is 12.4. The van der Waals surface area contributed by atoms with Gasteiger partial charge >= 0.3 is 0 Å². The summed E-state index contributed by atoms with van der Waals surface area (Å²) in [4.78, 5) is 38.8. The first-order chi connectivity index (χ1) is 17.7. The fraction of sp³-hybridized carbons (Fsp3) is 0.393. The number of ketones is 2. The van der Waals surface area contributed by atoms with Crippen LogP contribution in [0.4, 0.5) is 0 Å². The van der Waals surface area contributed by atoms with Gasteiger partial charge in [0.2, 0.25) is 5.78 Å². The molecule has 3 aliphatic carbocycles. The van der Waals surface area contributed by atoms with Gasteiger partial charge in [0.15, 0.2) is 11.4 Å². The van der Waals surface area contributed by atoms with Crippen molar-refractivity contribution in [3.05, 3.63) is 63.6 Å². The van der Waals surface area contributed by atoms with E-state index in [1.807, 2.05) is 39.0 Å². The van der Waals surface area contributed by atoms with Gasteiger partial charge in [0.05, 0.1) is 11.6 Å². The predicted octanol–water partition coefficient (Wildman–Crippen LogP) is 1.56. The molecule has 10 nitrogen and oxygen atoms in total. The highest BCUT2D eigenvalue weighted by atomic mass is 16.3. The van der Waals surface area contributed by atoms with Crippen molar-refractivity contribution in [1.82, 2.24) is 5.32 Å². The standard InChI is InChI=1S/C28H31N3O7/c1-27(2,3)31-10-11-4-5-12-7-13-8-14-9-16-20(29)23(34)19(26(30)37)25(36)28(16,38)24(35)18(14)22(33)17(13)21(32)15(12)6-11/h4-7,14,16,20,31-32,34-35,38H,8-10,29H2,1-3H3,(H2,30,37)/t14-,16-,20-,28-/m0/s1. The Balaban J connectivity index is 1.63. The zero-order valence-corrected chi connectivity index (χ0v) is 21.3. The summed E-state index contributed by atoms with van der Waals surface area (Å²) in [6, 6.07) is 6.04. The summed E-state index contributed by atoms with van der Waals surface area (Å²) in [5, 5.41) is 48.8. The zero-order valence-electron chi connectivity index (χ0n) is 21.3. The van der Waals surface area contributed by atoms with Gasteiger partial charge in [-0.25, -0.2) is 0 Å². The van der Waals surface area contributed by atoms with Crippen molar-refractivity contribution >= 4 is 28.2 Å². The summed E-state index contributed by atoms with van der Waals surface area (Å²) in [7, 11) is 0. The van der Waals surface area contributed by atoms with E-state index in [4.69, 9.17) is 11.5 Å². The number of benzene rings is 2. The Kier molecular flexibility index (Phi) is 5.72. The van der Waals surface area contributed by atoms with Gasteiger partial charge in [0.1, 0.15) is 22.8 Å². The van der Waals surface area contributed by atoms with Gasteiger partial charge < -0.3 is 37.2 Å². The van der Waals surface area contributed by atoms with Crippen molar-refractivity contribution in [3.63, 3.8) is 0 Å². The molecule has 1 amide bonds. The Morgan fingerprint density at radius 1 is 1.16 bits per heavy atom. The number of phenolic OH excluding ortho intramolecular Hbond substituents is 1. The lowest BCUT2D eigenvalue weighted by Gasteiger charge is -2.47. The number of phenols is 1. The Morgan fingerprint density at radius 2 is 1.84 bits per heavy atom. The summed E-state index contributed by atoms with van der Waals surface area (Å²) in [6.45, 7) is 6.64. The highest BCUT2D eigenvalue weighted by Crippen LogP contribution is 2.51. The second-order valence-electron chi connectivity index (χ2n) is 11.5. The van der Waals surface area contributed by atoms with E-state index in [2.05, 4.69) is 5.32 Å². The molecule has 0 saturated carbocycles. The Hall–Kier alpha value is -3.73. The first kappa shape index (κ1) is 25.9. The Bertz CT molecular complexity index is 1500. The van der Waals surface area contributed by atoms with Crippen LogP contribution in [0.5, 0.6) is 5.75 Å². The van der Waals surface area contributed by atoms with Crippen LogP contribution in [0.25, 0.3) is 10.8 Å². The summed E-state index contributed by atoms with van der Waals surface area (Å²) in [6.07, 6.45) is 0.193. The monoisotopic (exact) mass is 521 g/mol. The minimum Gasteiger partial charge on any atom is -0.510 e. The molecule has 0 aliphatic heterocycles. The molecule has 10 heteroatoms. The number of carbonyl (C=O) groups is 3. The van der Waals surface area contributed by atoms with Crippen LogP contribution < -0.4 is 16.8 Å². The van der Waals surface area contributed by atoms with Gasteiger partial charge in [-0.1, -0.05) is 18.2 Å². The third-order valence-corrected chi connectivity index (χ3v) is 7.95. The molecule has 0 radical (unpaired) electrons. The molecule has 9 N–H and O–H groups in total. The molecule has 0 saturated heterocycles. The molecule has 3 aliphatic rings. The number of aliphatic hydroxyl groups excluding tert-OH is 2. The van der Waals surface area contributed by atoms with Gasteiger partial charge in [0.25, 0.3) is 5.91 Å². The van der Waals surface area contributed by atoms with E-state index in [-0.39, 0.29) is 35.3 Å². The lowest BCUT2D eigenvalue weighted by Crippen LogP contribution is -2.63. The largest absolute Gasteiger partial charge is 0.510 e. The summed E-state index contributed by atoms with van der Waals surface area (Å²) in [5.41, 5.74) is 8.81. The van der Waals surface area contributed by atoms with Gasteiger partial charge in [-0.05, 0) is 62.1 Å². The zero-order chi connectivity index (χ0) is 27.9. The van der Waals surface area contributed by atoms with Crippen LogP contribution in [-0.2, 0) is 22.6 Å². The highest BCUT2D eigenvalue weighted by Gasteiger charge is 2.62. The van der Waals surface area contributed by atoms with Crippen molar-refractivity contribution in [2.75, 3.05) is 0 Å². The average Bonchev–Trinajstić information content (AvgIpc) is 2.83. The van der Waals surface area contributed by atoms with Crippen molar-refractivity contribution in [2.45, 2.75) is 57.3 Å². The predicted molar refractivity (Wildman–Crippen MR) is 138 cm³/mol. The lowest BCUT2D eigenvalue weighted by atomic mass is 9.59. The smallest absolute Gasteiger partial charge is 0.255 e. The van der Waals surface area contributed by atoms with Crippen LogP contribution in [0.1, 0.15) is 48.7 Å². The minimum atomic E-state index is -2.72. The van der Waals surface area contributed by atoms with E-state index in [1.165, 1.54) is 0 Å². The maximum absolute atomic E-state index is 13.8. The lowest BCUT2D eigenvalue weighted by molar-refractivity contribution is -0.145. The second kappa shape index (κ2) is 8.39. The molecule has 0 bridgehead atoms. The number of nitrogens with two attached hydrogens (primary N) is 2. The topological polar surface area (TPSA) is 196 Å². The quantitative estimate of drug-likeness (QED) is 0.293. The normalized spacial score (nSPS) is 27.3. The van der Waals surface area contributed by atoms with Crippen LogP contribution in [0.15, 0.2) is 46.9 Å². The van der Waals surface area contributed by atoms with Crippen molar-refractivity contribution in [3.8, 4) is 5.75 Å². The third kappa shape index (κ3) is 3.63. The van der Waals surface area contributed by atoms with Gasteiger partial charge in [-0.15, -0.1) is 0 Å². The third-order valence-electron chi connectivity index (χ3n) is 7.95. The van der Waals surface area contributed by atoms with E-state index >= 15 is 0 Å². The fourth-order valence-electron chi connectivity index (χ4n) is 6.00. The molecule has 0 heterocycles. The number of amides is 1. The van der Waals surface area contributed by atoms with E-state index in [0.29, 0.717) is 17.5 Å². The van der Waals surface area contributed by atoms with Crippen LogP contribution in [-0.4, -0.2) is 55.1 Å². The number of aromatic hydroxyl groups is 1. The number of allylic oxidation sites excluding steroid dienone is 1. The molecular weight excluding hydrogens is 490 g/mol. The average molecular weight is 522 g/mol. The van der Waals surface area contributed by atoms with Crippen molar-refractivity contribution in [2.24, 2.45) is 23.3 Å². The number of primary amides is 1. The highest BCUT2D eigenvalue weighted by molar-refractivity contribution is 6.25. The van der Waals surface area contributed by atoms with Crippen molar-refractivity contribution < 1.29 is 34.8 Å². The number of Topliss-reactive ketones (excluding diaryl/α,β-unsaturated/α-hetero) is 2. The van der Waals surface area contributed by atoms with E-state index in [1.54, 1.807) is 6.07 Å². The van der Waals surface area contributed by atoms with Crippen molar-refractivity contribution in [1.29, 1.82) is 0 Å². The molecule has 0 unspecified atom stereocenters. The molecule has 4 atom stereocenters. The Labute approximate surface area is 218 Å².